The van der Waals surface area contributed by atoms with Crippen LogP contribution in [0.2, 0.25) is 0 Å². The van der Waals surface area contributed by atoms with Crippen molar-refractivity contribution in [3.8, 4) is 0 Å². The maximum Gasteiger partial charge on any atom is 0.0457 e. The summed E-state index contributed by atoms with van der Waals surface area (Å²) in [6.45, 7) is 19.7. The summed E-state index contributed by atoms with van der Waals surface area (Å²) in [6, 6.07) is 20.6. The second-order valence-corrected chi connectivity index (χ2v) is 10.6. The number of aromatic nitrogens is 2. The van der Waals surface area contributed by atoms with Crippen molar-refractivity contribution < 1.29 is 0 Å². The maximum absolute atomic E-state index is 4.25. The van der Waals surface area contributed by atoms with Crippen molar-refractivity contribution in [3.05, 3.63) is 96.1 Å². The van der Waals surface area contributed by atoms with Gasteiger partial charge in [0, 0.05) is 29.7 Å². The van der Waals surface area contributed by atoms with E-state index >= 15 is 0 Å². The molecule has 0 fully saturated rings. The molecule has 3 aromatic rings. The quantitative estimate of drug-likeness (QED) is 0.365. The lowest BCUT2D eigenvalue weighted by atomic mass is 9.87. The van der Waals surface area contributed by atoms with E-state index in [0.29, 0.717) is 5.41 Å². The lowest BCUT2D eigenvalue weighted by molar-refractivity contribution is 0.569. The molecule has 2 aromatic heterocycles. The molecule has 0 aliphatic rings. The second kappa shape index (κ2) is 12.4. The highest BCUT2D eigenvalue weighted by Crippen LogP contribution is 2.21. The molecule has 0 N–H and O–H groups in total. The summed E-state index contributed by atoms with van der Waals surface area (Å²) in [6.07, 6.45) is 5.55. The van der Waals surface area contributed by atoms with Crippen molar-refractivity contribution >= 4 is 0 Å². The molecule has 1 aromatic carbocycles. The van der Waals surface area contributed by atoms with Crippen LogP contribution in [-0.2, 0) is 16.2 Å². The minimum atomic E-state index is 0. The molecule has 0 atom stereocenters. The average Bonchev–Trinajstić information content (AvgIpc) is 2.69. The third kappa shape index (κ3) is 11.5. The third-order valence-electron chi connectivity index (χ3n) is 4.60. The monoisotopic (exact) mass is 420 g/mol. The van der Waals surface area contributed by atoms with Crippen LogP contribution < -0.4 is 0 Å². The van der Waals surface area contributed by atoms with Gasteiger partial charge in [0.15, 0.2) is 0 Å². The van der Waals surface area contributed by atoms with Gasteiger partial charge in [-0.05, 0) is 40.2 Å². The average molecular weight is 421 g/mol. The summed E-state index contributed by atoms with van der Waals surface area (Å²) in [5, 5.41) is 0. The Morgan fingerprint density at radius 2 is 1.03 bits per heavy atom. The largest absolute Gasteiger partial charge is 0.264 e. The Morgan fingerprint density at radius 3 is 1.32 bits per heavy atom. The smallest absolute Gasteiger partial charge is 0.0457 e. The van der Waals surface area contributed by atoms with Crippen molar-refractivity contribution in [1.82, 2.24) is 9.97 Å². The number of hydrogen-bond acceptors (Lipinski definition) is 2. The van der Waals surface area contributed by atoms with E-state index < -0.39 is 0 Å². The zero-order chi connectivity index (χ0) is 22.8. The van der Waals surface area contributed by atoms with E-state index in [-0.39, 0.29) is 18.3 Å². The summed E-state index contributed by atoms with van der Waals surface area (Å²) in [4.78, 5) is 8.30. The molecule has 0 bridgehead atoms. The van der Waals surface area contributed by atoms with Crippen molar-refractivity contribution in [2.75, 3.05) is 0 Å². The standard InChI is InChI=1S/C10H14.2C9H13N.CH4/c1-10(2,3)9-7-5-4-6-8-9;1-9(2,3)8-5-4-6-10-7-8;1-9(2,3)8-6-4-5-7-10-8;/h4-8H,1-3H3;2*4-7H,1-3H3;1H4. The van der Waals surface area contributed by atoms with Gasteiger partial charge in [-0.25, -0.2) is 0 Å². The summed E-state index contributed by atoms with van der Waals surface area (Å²) in [5.41, 5.74) is 4.54. The van der Waals surface area contributed by atoms with Crippen LogP contribution in [0.15, 0.2) is 79.3 Å². The third-order valence-corrected chi connectivity index (χ3v) is 4.60. The highest BCUT2D eigenvalue weighted by molar-refractivity contribution is 5.22. The molecular formula is C29H44N2. The Morgan fingerprint density at radius 1 is 0.516 bits per heavy atom. The zero-order valence-corrected chi connectivity index (χ0v) is 20.4. The highest BCUT2D eigenvalue weighted by atomic mass is 14.7. The predicted octanol–water partition coefficient (Wildman–Crippen LogP) is 8.38. The van der Waals surface area contributed by atoms with Crippen molar-refractivity contribution in [2.24, 2.45) is 0 Å². The van der Waals surface area contributed by atoms with Gasteiger partial charge in [-0.2, -0.15) is 0 Å². The molecule has 0 saturated heterocycles. The number of benzene rings is 1. The topological polar surface area (TPSA) is 25.8 Å². The fourth-order valence-corrected chi connectivity index (χ4v) is 2.55. The summed E-state index contributed by atoms with van der Waals surface area (Å²) >= 11 is 0. The Balaban J connectivity index is 0.000000429. The lowest BCUT2D eigenvalue weighted by Crippen LogP contribution is -2.12. The van der Waals surface area contributed by atoms with Crippen LogP contribution in [0.5, 0.6) is 0 Å². The van der Waals surface area contributed by atoms with E-state index in [0.717, 1.165) is 5.69 Å². The van der Waals surface area contributed by atoms with Gasteiger partial charge in [-0.15, -0.1) is 0 Å². The number of rotatable bonds is 0. The number of pyridine rings is 2. The molecule has 2 heterocycles. The van der Waals surface area contributed by atoms with E-state index in [1.807, 2.05) is 30.6 Å². The second-order valence-electron chi connectivity index (χ2n) is 10.6. The van der Waals surface area contributed by atoms with Crippen LogP contribution in [0.25, 0.3) is 0 Å². The molecule has 2 nitrogen and oxygen atoms in total. The normalized spacial score (nSPS) is 11.1. The minimum Gasteiger partial charge on any atom is -0.264 e. The van der Waals surface area contributed by atoms with Gasteiger partial charge in [0.25, 0.3) is 0 Å². The fourth-order valence-electron chi connectivity index (χ4n) is 2.55. The van der Waals surface area contributed by atoms with Gasteiger partial charge in [0.1, 0.15) is 0 Å². The van der Waals surface area contributed by atoms with Crippen LogP contribution in [0.4, 0.5) is 0 Å². The molecule has 0 saturated carbocycles. The van der Waals surface area contributed by atoms with Gasteiger partial charge in [-0.1, -0.05) is 112 Å². The van der Waals surface area contributed by atoms with E-state index in [1.165, 1.54) is 11.1 Å². The molecular weight excluding hydrogens is 376 g/mol. The van der Waals surface area contributed by atoms with Gasteiger partial charge in [-0.3, -0.25) is 9.97 Å². The SMILES string of the molecule is C.CC(C)(C)c1ccccc1.CC(C)(C)c1ccccn1.CC(C)(C)c1cccnc1. The minimum absolute atomic E-state index is 0. The lowest BCUT2D eigenvalue weighted by Gasteiger charge is -2.18. The first-order valence-corrected chi connectivity index (χ1v) is 10.7. The molecule has 0 amide bonds. The van der Waals surface area contributed by atoms with Crippen LogP contribution in [0.1, 0.15) is 86.6 Å². The predicted molar refractivity (Wildman–Crippen MR) is 138 cm³/mol. The molecule has 3 rings (SSSR count). The first kappa shape index (κ1) is 28.5. The highest BCUT2D eigenvalue weighted by Gasteiger charge is 2.13. The Kier molecular flexibility index (Phi) is 11.4. The molecule has 31 heavy (non-hydrogen) atoms. The van der Waals surface area contributed by atoms with Gasteiger partial charge >= 0.3 is 0 Å². The number of hydrogen-bond donors (Lipinski definition) is 0. The molecule has 0 aliphatic heterocycles. The van der Waals surface area contributed by atoms with E-state index in [2.05, 4.69) is 115 Å². The Hall–Kier alpha value is -2.48. The Bertz CT molecular complexity index is 701. The summed E-state index contributed by atoms with van der Waals surface area (Å²) in [7, 11) is 0. The van der Waals surface area contributed by atoms with E-state index in [1.54, 1.807) is 6.20 Å². The van der Waals surface area contributed by atoms with Crippen molar-refractivity contribution in [1.29, 1.82) is 0 Å². The van der Waals surface area contributed by atoms with Crippen LogP contribution in [0, 0.1) is 0 Å². The first-order valence-electron chi connectivity index (χ1n) is 10.7. The molecule has 0 radical (unpaired) electrons. The van der Waals surface area contributed by atoms with Gasteiger partial charge in [0.05, 0.1) is 0 Å². The molecule has 0 spiro atoms. The van der Waals surface area contributed by atoms with Crippen LogP contribution >= 0.6 is 0 Å². The molecule has 0 unspecified atom stereocenters. The summed E-state index contributed by atoms with van der Waals surface area (Å²) in [5.74, 6) is 0. The van der Waals surface area contributed by atoms with Crippen molar-refractivity contribution in [2.45, 2.75) is 86.0 Å². The molecule has 170 valence electrons. The zero-order valence-electron chi connectivity index (χ0n) is 20.4. The molecule has 0 aliphatic carbocycles. The first-order chi connectivity index (χ1) is 13.8. The summed E-state index contributed by atoms with van der Waals surface area (Å²) < 4.78 is 0. The maximum atomic E-state index is 4.25. The van der Waals surface area contributed by atoms with Crippen LogP contribution in [-0.4, -0.2) is 9.97 Å². The molecule has 2 heteroatoms. The number of nitrogens with zero attached hydrogens (tertiary/aromatic N) is 2. The van der Waals surface area contributed by atoms with Gasteiger partial charge < -0.3 is 0 Å². The Labute approximate surface area is 192 Å². The van der Waals surface area contributed by atoms with E-state index in [9.17, 15) is 0 Å². The van der Waals surface area contributed by atoms with Gasteiger partial charge in [0.2, 0.25) is 0 Å². The van der Waals surface area contributed by atoms with Crippen LogP contribution in [0.3, 0.4) is 0 Å². The van der Waals surface area contributed by atoms with E-state index in [4.69, 9.17) is 0 Å². The van der Waals surface area contributed by atoms with Crippen molar-refractivity contribution in [3.63, 3.8) is 0 Å². The fraction of sp³-hybridized carbons (Fsp3) is 0.448.